The molecule has 1 atom stereocenters. The molecule has 0 radical (unpaired) electrons. The molecular formula is C23H19BrN2O3S2. The fourth-order valence-corrected chi connectivity index (χ4v) is 5.37. The van der Waals surface area contributed by atoms with Gasteiger partial charge in [0.25, 0.3) is 5.91 Å². The fourth-order valence-electron chi connectivity index (χ4n) is 3.43. The molecule has 1 aromatic heterocycles. The van der Waals surface area contributed by atoms with E-state index in [4.69, 9.17) is 0 Å². The molecule has 4 rings (SSSR count). The maximum atomic E-state index is 13.3. The Morgan fingerprint density at radius 1 is 1.06 bits per heavy atom. The van der Waals surface area contributed by atoms with Crippen LogP contribution in [-0.4, -0.2) is 34.4 Å². The van der Waals surface area contributed by atoms with E-state index in [-0.39, 0.29) is 36.4 Å². The van der Waals surface area contributed by atoms with Gasteiger partial charge in [0.1, 0.15) is 6.04 Å². The topological polar surface area (TPSA) is 57.7 Å². The number of amides is 3. The van der Waals surface area contributed by atoms with Crippen LogP contribution in [-0.2, 0) is 20.9 Å². The second-order valence-corrected chi connectivity index (χ2v) is 10.1. The third-order valence-corrected chi connectivity index (χ3v) is 7.58. The van der Waals surface area contributed by atoms with Gasteiger partial charge < -0.3 is 4.90 Å². The lowest BCUT2D eigenvalue weighted by atomic mass is 10.1. The Kier molecular flexibility index (Phi) is 6.89. The van der Waals surface area contributed by atoms with Crippen LogP contribution in [0.1, 0.15) is 12.0 Å². The number of benzene rings is 2. The summed E-state index contributed by atoms with van der Waals surface area (Å²) in [5.41, 5.74) is 1.43. The van der Waals surface area contributed by atoms with Gasteiger partial charge in [-0.1, -0.05) is 52.3 Å². The Bertz CT molecular complexity index is 1070. The molecule has 1 saturated heterocycles. The molecule has 5 nitrogen and oxygen atoms in total. The van der Waals surface area contributed by atoms with Crippen LogP contribution in [0.5, 0.6) is 0 Å². The molecule has 0 spiro atoms. The lowest BCUT2D eigenvalue weighted by molar-refractivity contribution is -0.136. The summed E-state index contributed by atoms with van der Waals surface area (Å²) in [6.07, 6.45) is -0.0167. The highest BCUT2D eigenvalue weighted by Crippen LogP contribution is 2.29. The van der Waals surface area contributed by atoms with E-state index in [0.29, 0.717) is 5.69 Å². The lowest BCUT2D eigenvalue weighted by Crippen LogP contribution is -2.45. The first-order valence-corrected chi connectivity index (χ1v) is 12.3. The van der Waals surface area contributed by atoms with Gasteiger partial charge in [-0.3, -0.25) is 14.4 Å². The van der Waals surface area contributed by atoms with Crippen molar-refractivity contribution in [3.8, 4) is 0 Å². The minimum atomic E-state index is -0.812. The molecule has 2 heterocycles. The minimum absolute atomic E-state index is 0.0167. The zero-order valence-corrected chi connectivity index (χ0v) is 19.7. The molecule has 0 bridgehead atoms. The molecule has 1 unspecified atom stereocenters. The summed E-state index contributed by atoms with van der Waals surface area (Å²) in [5.74, 6) is -0.610. The number of carbonyl (C=O) groups is 3. The number of rotatable bonds is 7. The Morgan fingerprint density at radius 3 is 2.48 bits per heavy atom. The lowest BCUT2D eigenvalue weighted by Gasteiger charge is -2.27. The molecule has 3 amide bonds. The van der Waals surface area contributed by atoms with E-state index in [1.807, 2.05) is 47.8 Å². The van der Waals surface area contributed by atoms with Crippen LogP contribution < -0.4 is 4.90 Å². The Balaban J connectivity index is 1.57. The molecule has 158 valence electrons. The first-order valence-electron chi connectivity index (χ1n) is 9.65. The first kappa shape index (κ1) is 21.8. The number of halogens is 1. The summed E-state index contributed by atoms with van der Waals surface area (Å²) < 4.78 is 1.90. The SMILES string of the molecule is O=C1CC(N(Cc2ccccc2)C(=O)CSc2cccs2)C(=O)N1c1ccc(Br)cc1. The second-order valence-electron chi connectivity index (χ2n) is 6.99. The number of hydrogen-bond acceptors (Lipinski definition) is 5. The largest absolute Gasteiger partial charge is 0.325 e. The van der Waals surface area contributed by atoms with Crippen LogP contribution in [0, 0.1) is 0 Å². The molecule has 31 heavy (non-hydrogen) atoms. The predicted octanol–water partition coefficient (Wildman–Crippen LogP) is 4.96. The summed E-state index contributed by atoms with van der Waals surface area (Å²) in [6.45, 7) is 0.280. The average molecular weight is 515 g/mol. The predicted molar refractivity (Wildman–Crippen MR) is 127 cm³/mol. The number of nitrogens with zero attached hydrogens (tertiary/aromatic N) is 2. The second kappa shape index (κ2) is 9.80. The zero-order valence-electron chi connectivity index (χ0n) is 16.4. The summed E-state index contributed by atoms with van der Waals surface area (Å²) in [5, 5.41) is 1.96. The van der Waals surface area contributed by atoms with Crippen molar-refractivity contribution in [2.75, 3.05) is 10.7 Å². The quantitative estimate of drug-likeness (QED) is 0.330. The third kappa shape index (κ3) is 5.08. The van der Waals surface area contributed by atoms with Gasteiger partial charge in [-0.05, 0) is 41.3 Å². The molecule has 0 aliphatic carbocycles. The zero-order chi connectivity index (χ0) is 21.8. The van der Waals surface area contributed by atoms with E-state index in [1.54, 1.807) is 40.5 Å². The van der Waals surface area contributed by atoms with Crippen molar-refractivity contribution in [1.29, 1.82) is 0 Å². The van der Waals surface area contributed by atoms with E-state index in [2.05, 4.69) is 15.9 Å². The van der Waals surface area contributed by atoms with Gasteiger partial charge in [0.2, 0.25) is 11.8 Å². The molecule has 1 aliphatic heterocycles. The van der Waals surface area contributed by atoms with Crippen LogP contribution in [0.25, 0.3) is 0 Å². The highest BCUT2D eigenvalue weighted by Gasteiger charge is 2.44. The number of imide groups is 1. The van der Waals surface area contributed by atoms with Crippen LogP contribution in [0.15, 0.2) is 80.8 Å². The van der Waals surface area contributed by atoms with Crippen molar-refractivity contribution in [3.63, 3.8) is 0 Å². The summed E-state index contributed by atoms with van der Waals surface area (Å²) in [4.78, 5) is 42.0. The van der Waals surface area contributed by atoms with Crippen molar-refractivity contribution < 1.29 is 14.4 Å². The molecular weight excluding hydrogens is 496 g/mol. The summed E-state index contributed by atoms with van der Waals surface area (Å²) in [6, 6.07) is 19.6. The van der Waals surface area contributed by atoms with E-state index in [9.17, 15) is 14.4 Å². The average Bonchev–Trinajstić information content (AvgIpc) is 3.40. The number of thioether (sulfide) groups is 1. The van der Waals surface area contributed by atoms with E-state index in [1.165, 1.54) is 16.7 Å². The monoisotopic (exact) mass is 514 g/mol. The maximum Gasteiger partial charge on any atom is 0.257 e. The van der Waals surface area contributed by atoms with Gasteiger partial charge >= 0.3 is 0 Å². The molecule has 2 aromatic carbocycles. The van der Waals surface area contributed by atoms with Crippen molar-refractivity contribution in [3.05, 3.63) is 82.1 Å². The van der Waals surface area contributed by atoms with E-state index < -0.39 is 6.04 Å². The maximum absolute atomic E-state index is 13.3. The van der Waals surface area contributed by atoms with Gasteiger partial charge in [-0.2, -0.15) is 0 Å². The van der Waals surface area contributed by atoms with Gasteiger partial charge in [-0.25, -0.2) is 4.90 Å². The van der Waals surface area contributed by atoms with Gasteiger partial charge in [-0.15, -0.1) is 23.1 Å². The van der Waals surface area contributed by atoms with E-state index in [0.717, 1.165) is 14.2 Å². The molecule has 0 N–H and O–H groups in total. The Hall–Kier alpha value is -2.42. The fraction of sp³-hybridized carbons (Fsp3) is 0.174. The summed E-state index contributed by atoms with van der Waals surface area (Å²) >= 11 is 6.38. The van der Waals surface area contributed by atoms with Crippen LogP contribution in [0.3, 0.4) is 0 Å². The number of hydrogen-bond donors (Lipinski definition) is 0. The minimum Gasteiger partial charge on any atom is -0.325 e. The molecule has 3 aromatic rings. The number of thiophene rings is 1. The van der Waals surface area contributed by atoms with E-state index >= 15 is 0 Å². The normalized spacial score (nSPS) is 16.0. The van der Waals surface area contributed by atoms with Crippen molar-refractivity contribution in [2.45, 2.75) is 23.2 Å². The van der Waals surface area contributed by atoms with Crippen molar-refractivity contribution in [1.82, 2.24) is 4.90 Å². The smallest absolute Gasteiger partial charge is 0.257 e. The van der Waals surface area contributed by atoms with Crippen molar-refractivity contribution >= 4 is 62.4 Å². The first-order chi connectivity index (χ1) is 15.0. The highest BCUT2D eigenvalue weighted by atomic mass is 79.9. The number of anilines is 1. The van der Waals surface area contributed by atoms with Crippen LogP contribution in [0.2, 0.25) is 0 Å². The highest BCUT2D eigenvalue weighted by molar-refractivity contribution is 9.10. The van der Waals surface area contributed by atoms with Crippen LogP contribution >= 0.6 is 39.0 Å². The number of carbonyl (C=O) groups excluding carboxylic acids is 3. The Labute approximate surface area is 197 Å². The van der Waals surface area contributed by atoms with Gasteiger partial charge in [0, 0.05) is 11.0 Å². The van der Waals surface area contributed by atoms with Gasteiger partial charge in [0.15, 0.2) is 0 Å². The molecule has 8 heteroatoms. The third-order valence-electron chi connectivity index (χ3n) is 4.93. The van der Waals surface area contributed by atoms with Crippen LogP contribution in [0.4, 0.5) is 5.69 Å². The molecule has 0 saturated carbocycles. The standard InChI is InChI=1S/C23H19BrN2O3S2/c24-17-8-10-18(11-9-17)26-20(27)13-19(23(26)29)25(14-16-5-2-1-3-6-16)21(28)15-31-22-7-4-12-30-22/h1-12,19H,13-15H2. The van der Waals surface area contributed by atoms with Gasteiger partial charge in [0.05, 0.1) is 22.1 Å². The molecule has 1 aliphatic rings. The Morgan fingerprint density at radius 2 is 1.81 bits per heavy atom. The summed E-state index contributed by atoms with van der Waals surface area (Å²) in [7, 11) is 0. The van der Waals surface area contributed by atoms with Crippen molar-refractivity contribution in [2.24, 2.45) is 0 Å². The molecule has 1 fully saturated rings.